The van der Waals surface area contributed by atoms with Crippen LogP contribution in [0.3, 0.4) is 0 Å². The first-order chi connectivity index (χ1) is 8.25. The molecular weight excluding hydrogens is 218 g/mol. The van der Waals surface area contributed by atoms with Gasteiger partial charge in [0.15, 0.2) is 0 Å². The molecule has 100 valence electrons. The molecule has 0 aromatic carbocycles. The second-order valence-corrected chi connectivity index (χ2v) is 4.57. The molecule has 0 amide bonds. The Morgan fingerprint density at radius 3 is 2.71 bits per heavy atom. The highest BCUT2D eigenvalue weighted by Gasteiger charge is 2.40. The normalized spacial score (nSPS) is 23.9. The lowest BCUT2D eigenvalue weighted by atomic mass is 9.94. The van der Waals surface area contributed by atoms with Gasteiger partial charge in [-0.3, -0.25) is 4.79 Å². The number of hydrogen-bond acceptors (Lipinski definition) is 4. The summed E-state index contributed by atoms with van der Waals surface area (Å²) in [6.07, 6.45) is 4.93. The van der Waals surface area contributed by atoms with Crippen LogP contribution in [0.15, 0.2) is 0 Å². The van der Waals surface area contributed by atoms with Crippen LogP contribution in [0.25, 0.3) is 0 Å². The topological polar surface area (TPSA) is 47.6 Å². The molecule has 1 rings (SSSR count). The quantitative estimate of drug-likeness (QED) is 0.522. The molecule has 1 atom stereocenters. The van der Waals surface area contributed by atoms with Crippen LogP contribution in [0.5, 0.6) is 0 Å². The average molecular weight is 243 g/mol. The highest BCUT2D eigenvalue weighted by Crippen LogP contribution is 2.24. The smallest absolute Gasteiger partial charge is 0.326 e. The van der Waals surface area contributed by atoms with Crippen LogP contribution in [0.2, 0.25) is 0 Å². The van der Waals surface area contributed by atoms with Gasteiger partial charge in [-0.15, -0.1) is 0 Å². The Kier molecular flexibility index (Phi) is 6.52. The summed E-state index contributed by atoms with van der Waals surface area (Å²) in [5, 5.41) is 3.27. The molecule has 1 unspecified atom stereocenters. The van der Waals surface area contributed by atoms with Crippen molar-refractivity contribution in [3.63, 3.8) is 0 Å². The van der Waals surface area contributed by atoms with Crippen molar-refractivity contribution in [2.24, 2.45) is 0 Å². The van der Waals surface area contributed by atoms with E-state index in [4.69, 9.17) is 9.47 Å². The van der Waals surface area contributed by atoms with Crippen molar-refractivity contribution in [1.29, 1.82) is 0 Å². The molecule has 0 aliphatic carbocycles. The standard InChI is InChI=1S/C13H25NO3/c1-3-5-9-16-10-11-17-12(15)13(4-2)7-6-8-14-13/h14H,3-11H2,1-2H3. The third-order valence-corrected chi connectivity index (χ3v) is 3.34. The molecular formula is C13H25NO3. The molecule has 1 aliphatic rings. The predicted molar refractivity (Wildman–Crippen MR) is 66.9 cm³/mol. The minimum atomic E-state index is -0.427. The van der Waals surface area contributed by atoms with Crippen molar-refractivity contribution in [1.82, 2.24) is 5.32 Å². The van der Waals surface area contributed by atoms with Crippen LogP contribution in [0.4, 0.5) is 0 Å². The largest absolute Gasteiger partial charge is 0.462 e. The molecule has 1 saturated heterocycles. The maximum Gasteiger partial charge on any atom is 0.326 e. The Labute approximate surface area is 104 Å². The third-order valence-electron chi connectivity index (χ3n) is 3.34. The maximum atomic E-state index is 11.9. The maximum absolute atomic E-state index is 11.9. The highest BCUT2D eigenvalue weighted by molar-refractivity contribution is 5.81. The summed E-state index contributed by atoms with van der Waals surface area (Å²) in [5.74, 6) is -0.114. The van der Waals surface area contributed by atoms with E-state index >= 15 is 0 Å². The van der Waals surface area contributed by atoms with E-state index in [2.05, 4.69) is 12.2 Å². The number of esters is 1. The number of unbranched alkanes of at least 4 members (excludes halogenated alkanes) is 1. The van der Waals surface area contributed by atoms with Gasteiger partial charge in [-0.2, -0.15) is 0 Å². The first kappa shape index (κ1) is 14.5. The molecule has 4 heteroatoms. The lowest BCUT2D eigenvalue weighted by molar-refractivity contribution is -0.152. The molecule has 0 bridgehead atoms. The zero-order valence-corrected chi connectivity index (χ0v) is 11.1. The minimum absolute atomic E-state index is 0.114. The van der Waals surface area contributed by atoms with Gasteiger partial charge in [0.1, 0.15) is 12.1 Å². The Balaban J connectivity index is 2.15. The highest BCUT2D eigenvalue weighted by atomic mass is 16.6. The summed E-state index contributed by atoms with van der Waals surface area (Å²) in [6.45, 7) is 6.69. The second kappa shape index (κ2) is 7.67. The number of carbonyl (C=O) groups excluding carboxylic acids is 1. The zero-order valence-electron chi connectivity index (χ0n) is 11.1. The van der Waals surface area contributed by atoms with Gasteiger partial charge < -0.3 is 14.8 Å². The van der Waals surface area contributed by atoms with Crippen molar-refractivity contribution in [2.45, 2.75) is 51.5 Å². The second-order valence-electron chi connectivity index (χ2n) is 4.57. The molecule has 0 spiro atoms. The summed E-state index contributed by atoms with van der Waals surface area (Å²) in [7, 11) is 0. The molecule has 0 saturated carbocycles. The average Bonchev–Trinajstić information content (AvgIpc) is 2.83. The van der Waals surface area contributed by atoms with Crippen LogP contribution < -0.4 is 5.32 Å². The van der Waals surface area contributed by atoms with Crippen molar-refractivity contribution >= 4 is 5.97 Å². The summed E-state index contributed by atoms with van der Waals surface area (Å²) in [6, 6.07) is 0. The van der Waals surface area contributed by atoms with Gasteiger partial charge >= 0.3 is 5.97 Å². The zero-order chi connectivity index (χ0) is 12.6. The van der Waals surface area contributed by atoms with E-state index in [1.54, 1.807) is 0 Å². The first-order valence-corrected chi connectivity index (χ1v) is 6.75. The molecule has 1 aliphatic heterocycles. The summed E-state index contributed by atoms with van der Waals surface area (Å²) >= 11 is 0. The molecule has 0 radical (unpaired) electrons. The lowest BCUT2D eigenvalue weighted by Gasteiger charge is -2.25. The SMILES string of the molecule is CCCCOCCOC(=O)C1(CC)CCCN1. The van der Waals surface area contributed by atoms with Crippen molar-refractivity contribution in [3.8, 4) is 0 Å². The summed E-state index contributed by atoms with van der Waals surface area (Å²) < 4.78 is 10.6. The van der Waals surface area contributed by atoms with E-state index in [1.165, 1.54) is 0 Å². The van der Waals surface area contributed by atoms with Gasteiger partial charge in [0.05, 0.1) is 6.61 Å². The number of ether oxygens (including phenoxy) is 2. The summed E-state index contributed by atoms with van der Waals surface area (Å²) in [4.78, 5) is 11.9. The molecule has 1 N–H and O–H groups in total. The fourth-order valence-electron chi connectivity index (χ4n) is 2.11. The molecule has 4 nitrogen and oxygen atoms in total. The Bertz CT molecular complexity index is 225. The van der Waals surface area contributed by atoms with E-state index in [1.807, 2.05) is 6.92 Å². The van der Waals surface area contributed by atoms with Gasteiger partial charge in [-0.1, -0.05) is 20.3 Å². The van der Waals surface area contributed by atoms with E-state index in [0.717, 1.165) is 45.3 Å². The van der Waals surface area contributed by atoms with E-state index < -0.39 is 5.54 Å². The van der Waals surface area contributed by atoms with E-state index in [9.17, 15) is 4.79 Å². The van der Waals surface area contributed by atoms with Crippen LogP contribution in [-0.2, 0) is 14.3 Å². The Morgan fingerprint density at radius 2 is 2.12 bits per heavy atom. The van der Waals surface area contributed by atoms with E-state index in [-0.39, 0.29) is 5.97 Å². The Hall–Kier alpha value is -0.610. The fraction of sp³-hybridized carbons (Fsp3) is 0.923. The van der Waals surface area contributed by atoms with Crippen LogP contribution >= 0.6 is 0 Å². The molecule has 1 heterocycles. The predicted octanol–water partition coefficient (Wildman–Crippen LogP) is 1.88. The number of carbonyl (C=O) groups is 1. The van der Waals surface area contributed by atoms with Crippen molar-refractivity contribution < 1.29 is 14.3 Å². The first-order valence-electron chi connectivity index (χ1n) is 6.75. The van der Waals surface area contributed by atoms with Crippen LogP contribution in [-0.4, -0.2) is 37.9 Å². The molecule has 1 fully saturated rings. The van der Waals surface area contributed by atoms with Gasteiger partial charge in [0.25, 0.3) is 0 Å². The number of nitrogens with one attached hydrogen (secondary N) is 1. The number of rotatable bonds is 8. The third kappa shape index (κ3) is 4.28. The van der Waals surface area contributed by atoms with Crippen molar-refractivity contribution in [3.05, 3.63) is 0 Å². The van der Waals surface area contributed by atoms with Crippen LogP contribution in [0.1, 0.15) is 46.0 Å². The molecule has 17 heavy (non-hydrogen) atoms. The lowest BCUT2D eigenvalue weighted by Crippen LogP contribution is -2.48. The molecule has 0 aromatic rings. The monoisotopic (exact) mass is 243 g/mol. The molecule has 0 aromatic heterocycles. The van der Waals surface area contributed by atoms with Gasteiger partial charge in [0, 0.05) is 6.61 Å². The minimum Gasteiger partial charge on any atom is -0.462 e. The van der Waals surface area contributed by atoms with Gasteiger partial charge in [-0.05, 0) is 32.2 Å². The van der Waals surface area contributed by atoms with Crippen molar-refractivity contribution in [2.75, 3.05) is 26.4 Å². The van der Waals surface area contributed by atoms with Crippen LogP contribution in [0, 0.1) is 0 Å². The van der Waals surface area contributed by atoms with Gasteiger partial charge in [-0.25, -0.2) is 0 Å². The fourth-order valence-corrected chi connectivity index (χ4v) is 2.11. The summed E-state index contributed by atoms with van der Waals surface area (Å²) in [5.41, 5.74) is -0.427. The van der Waals surface area contributed by atoms with E-state index in [0.29, 0.717) is 13.2 Å². The Morgan fingerprint density at radius 1 is 1.29 bits per heavy atom. The van der Waals surface area contributed by atoms with Gasteiger partial charge in [0.2, 0.25) is 0 Å². The number of hydrogen-bond donors (Lipinski definition) is 1.